The average molecular weight is 374 g/mol. The SMILES string of the molecule is Cc1cccc(-c2nnc3n2CCN(Cc2cccc(Cl)c2Cl)C3)n1. The molecule has 1 aliphatic rings. The first-order valence-electron chi connectivity index (χ1n) is 8.13. The van der Waals surface area contributed by atoms with E-state index in [2.05, 4.69) is 24.6 Å². The number of pyridine rings is 1. The average Bonchev–Trinajstić information content (AvgIpc) is 3.02. The molecule has 7 heteroatoms. The molecule has 1 aliphatic heterocycles. The van der Waals surface area contributed by atoms with Crippen LogP contribution < -0.4 is 0 Å². The molecule has 0 aliphatic carbocycles. The molecule has 3 aromatic rings. The second-order valence-corrected chi connectivity index (χ2v) is 6.96. The summed E-state index contributed by atoms with van der Waals surface area (Å²) in [7, 11) is 0. The smallest absolute Gasteiger partial charge is 0.182 e. The Labute approximate surface area is 156 Å². The van der Waals surface area contributed by atoms with Gasteiger partial charge in [-0.25, -0.2) is 4.98 Å². The van der Waals surface area contributed by atoms with Gasteiger partial charge in [0.2, 0.25) is 0 Å². The topological polar surface area (TPSA) is 46.8 Å². The highest BCUT2D eigenvalue weighted by Gasteiger charge is 2.23. The van der Waals surface area contributed by atoms with Crippen molar-refractivity contribution < 1.29 is 0 Å². The van der Waals surface area contributed by atoms with Crippen molar-refractivity contribution in [3.05, 3.63) is 63.5 Å². The largest absolute Gasteiger partial charge is 0.307 e. The second kappa shape index (κ2) is 6.75. The number of nitrogens with zero attached hydrogens (tertiary/aromatic N) is 5. The molecule has 128 valence electrons. The molecule has 0 N–H and O–H groups in total. The lowest BCUT2D eigenvalue weighted by Gasteiger charge is -2.28. The first-order valence-corrected chi connectivity index (χ1v) is 8.89. The summed E-state index contributed by atoms with van der Waals surface area (Å²) in [6.07, 6.45) is 0. The van der Waals surface area contributed by atoms with Gasteiger partial charge < -0.3 is 4.57 Å². The van der Waals surface area contributed by atoms with E-state index in [1.54, 1.807) is 6.07 Å². The Kier molecular flexibility index (Phi) is 4.46. The van der Waals surface area contributed by atoms with Gasteiger partial charge in [-0.3, -0.25) is 4.90 Å². The molecule has 0 saturated carbocycles. The third kappa shape index (κ3) is 3.27. The lowest BCUT2D eigenvalue weighted by Crippen LogP contribution is -2.33. The lowest BCUT2D eigenvalue weighted by atomic mass is 10.2. The van der Waals surface area contributed by atoms with Crippen LogP contribution in [-0.4, -0.2) is 31.2 Å². The van der Waals surface area contributed by atoms with Gasteiger partial charge in [0.15, 0.2) is 5.82 Å². The van der Waals surface area contributed by atoms with E-state index < -0.39 is 0 Å². The summed E-state index contributed by atoms with van der Waals surface area (Å²) in [5, 5.41) is 9.94. The second-order valence-electron chi connectivity index (χ2n) is 6.18. The van der Waals surface area contributed by atoms with Gasteiger partial charge in [-0.2, -0.15) is 0 Å². The summed E-state index contributed by atoms with van der Waals surface area (Å²) in [6.45, 7) is 5.16. The van der Waals surface area contributed by atoms with Crippen molar-refractivity contribution in [3.8, 4) is 11.5 Å². The Morgan fingerprint density at radius 1 is 1.04 bits per heavy atom. The zero-order valence-electron chi connectivity index (χ0n) is 13.8. The molecule has 0 bridgehead atoms. The van der Waals surface area contributed by atoms with Gasteiger partial charge in [-0.05, 0) is 30.7 Å². The fraction of sp³-hybridized carbons (Fsp3) is 0.278. The minimum absolute atomic E-state index is 0.590. The van der Waals surface area contributed by atoms with Gasteiger partial charge >= 0.3 is 0 Å². The molecule has 0 saturated heterocycles. The van der Waals surface area contributed by atoms with E-state index in [4.69, 9.17) is 23.2 Å². The number of benzene rings is 1. The highest BCUT2D eigenvalue weighted by molar-refractivity contribution is 6.42. The van der Waals surface area contributed by atoms with E-state index in [0.717, 1.165) is 54.8 Å². The van der Waals surface area contributed by atoms with Crippen molar-refractivity contribution in [2.45, 2.75) is 26.6 Å². The molecule has 1 aromatic carbocycles. The van der Waals surface area contributed by atoms with Crippen LogP contribution in [0.3, 0.4) is 0 Å². The van der Waals surface area contributed by atoms with Crippen molar-refractivity contribution in [2.24, 2.45) is 0 Å². The van der Waals surface area contributed by atoms with Gasteiger partial charge in [0.25, 0.3) is 0 Å². The normalized spacial score (nSPS) is 14.5. The van der Waals surface area contributed by atoms with Crippen LogP contribution in [-0.2, 0) is 19.6 Å². The van der Waals surface area contributed by atoms with E-state index in [0.29, 0.717) is 10.0 Å². The Morgan fingerprint density at radius 3 is 2.72 bits per heavy atom. The Balaban J connectivity index is 1.56. The summed E-state index contributed by atoms with van der Waals surface area (Å²) < 4.78 is 2.15. The van der Waals surface area contributed by atoms with Crippen molar-refractivity contribution >= 4 is 23.2 Å². The molecule has 5 nitrogen and oxygen atoms in total. The van der Waals surface area contributed by atoms with E-state index >= 15 is 0 Å². The van der Waals surface area contributed by atoms with Crippen LogP contribution in [0.15, 0.2) is 36.4 Å². The third-order valence-electron chi connectivity index (χ3n) is 4.38. The Bertz CT molecular complexity index is 922. The Morgan fingerprint density at radius 2 is 1.88 bits per heavy atom. The van der Waals surface area contributed by atoms with Crippen molar-refractivity contribution in [1.82, 2.24) is 24.6 Å². The van der Waals surface area contributed by atoms with Gasteiger partial charge in [0.05, 0.1) is 16.6 Å². The molecule has 0 radical (unpaired) electrons. The molecule has 0 atom stereocenters. The standard InChI is InChI=1S/C18H17Cl2N5/c1-12-4-2-7-15(21-12)18-23-22-16-11-24(8-9-25(16)18)10-13-5-3-6-14(19)17(13)20/h2-7H,8-11H2,1H3. The minimum Gasteiger partial charge on any atom is -0.307 e. The third-order valence-corrected chi connectivity index (χ3v) is 5.23. The van der Waals surface area contributed by atoms with E-state index in [1.165, 1.54) is 0 Å². The molecule has 3 heterocycles. The number of hydrogen-bond acceptors (Lipinski definition) is 4. The van der Waals surface area contributed by atoms with Gasteiger partial charge in [-0.1, -0.05) is 41.4 Å². The summed E-state index contributed by atoms with van der Waals surface area (Å²) in [6, 6.07) is 11.7. The molecular weight excluding hydrogens is 357 g/mol. The number of hydrogen-bond donors (Lipinski definition) is 0. The predicted octanol–water partition coefficient (Wildman–Crippen LogP) is 3.97. The number of aryl methyl sites for hydroxylation is 1. The lowest BCUT2D eigenvalue weighted by molar-refractivity contribution is 0.209. The van der Waals surface area contributed by atoms with Crippen LogP contribution in [0.2, 0.25) is 10.0 Å². The van der Waals surface area contributed by atoms with Gasteiger partial charge in [0.1, 0.15) is 11.5 Å². The molecule has 25 heavy (non-hydrogen) atoms. The molecule has 2 aromatic heterocycles. The first kappa shape index (κ1) is 16.5. The highest BCUT2D eigenvalue weighted by atomic mass is 35.5. The van der Waals surface area contributed by atoms with Crippen LogP contribution in [0.25, 0.3) is 11.5 Å². The number of aromatic nitrogens is 4. The van der Waals surface area contributed by atoms with Gasteiger partial charge in [0, 0.05) is 25.3 Å². The van der Waals surface area contributed by atoms with Crippen LogP contribution >= 0.6 is 23.2 Å². The molecule has 0 unspecified atom stereocenters. The quantitative estimate of drug-likeness (QED) is 0.696. The minimum atomic E-state index is 0.590. The van der Waals surface area contributed by atoms with Crippen LogP contribution in [0.5, 0.6) is 0 Å². The fourth-order valence-electron chi connectivity index (χ4n) is 3.11. The molecule has 4 rings (SSSR count). The monoisotopic (exact) mass is 373 g/mol. The molecule has 0 spiro atoms. The van der Waals surface area contributed by atoms with E-state index in [1.807, 2.05) is 37.3 Å². The maximum atomic E-state index is 6.31. The molecule has 0 amide bonds. The number of halogens is 2. The zero-order chi connectivity index (χ0) is 17.4. The number of fused-ring (bicyclic) bond motifs is 1. The summed E-state index contributed by atoms with van der Waals surface area (Å²) in [5.41, 5.74) is 2.87. The van der Waals surface area contributed by atoms with E-state index in [9.17, 15) is 0 Å². The van der Waals surface area contributed by atoms with Crippen LogP contribution in [0, 0.1) is 6.92 Å². The van der Waals surface area contributed by atoms with Crippen LogP contribution in [0.4, 0.5) is 0 Å². The first-order chi connectivity index (χ1) is 12.1. The zero-order valence-corrected chi connectivity index (χ0v) is 15.3. The van der Waals surface area contributed by atoms with E-state index in [-0.39, 0.29) is 0 Å². The Hall–Kier alpha value is -1.95. The highest BCUT2D eigenvalue weighted by Crippen LogP contribution is 2.28. The summed E-state index contributed by atoms with van der Waals surface area (Å²) in [4.78, 5) is 6.86. The van der Waals surface area contributed by atoms with Crippen molar-refractivity contribution in [3.63, 3.8) is 0 Å². The van der Waals surface area contributed by atoms with Gasteiger partial charge in [-0.15, -0.1) is 10.2 Å². The fourth-order valence-corrected chi connectivity index (χ4v) is 3.49. The predicted molar refractivity (Wildman–Crippen MR) is 98.6 cm³/mol. The maximum Gasteiger partial charge on any atom is 0.182 e. The van der Waals surface area contributed by atoms with Crippen molar-refractivity contribution in [1.29, 1.82) is 0 Å². The maximum absolute atomic E-state index is 6.31. The summed E-state index contributed by atoms with van der Waals surface area (Å²) in [5.74, 6) is 1.78. The van der Waals surface area contributed by atoms with Crippen molar-refractivity contribution in [2.75, 3.05) is 6.54 Å². The van der Waals surface area contributed by atoms with Crippen LogP contribution in [0.1, 0.15) is 17.1 Å². The number of rotatable bonds is 3. The summed E-state index contributed by atoms with van der Waals surface area (Å²) >= 11 is 12.4. The molecular formula is C18H17Cl2N5. The molecule has 0 fully saturated rings.